The molecule has 1 atom stereocenters. The maximum Gasteiger partial charge on any atom is 0.321 e. The summed E-state index contributed by atoms with van der Waals surface area (Å²) in [6.45, 7) is 0.455. The smallest absolute Gasteiger partial charge is 0.321 e. The van der Waals surface area contributed by atoms with Crippen molar-refractivity contribution in [1.29, 1.82) is 0 Å². The van der Waals surface area contributed by atoms with Gasteiger partial charge in [0.25, 0.3) is 0 Å². The molecule has 2 amide bonds. The molecule has 0 radical (unpaired) electrons. The summed E-state index contributed by atoms with van der Waals surface area (Å²) in [7, 11) is 0. The van der Waals surface area contributed by atoms with Crippen LogP contribution in [0.1, 0.15) is 12.8 Å². The minimum absolute atomic E-state index is 0.0422. The Morgan fingerprint density at radius 1 is 1.07 bits per heavy atom. The van der Waals surface area contributed by atoms with Crippen LogP contribution in [0.4, 0.5) is 23.7 Å². The summed E-state index contributed by atoms with van der Waals surface area (Å²) >= 11 is 0. The summed E-state index contributed by atoms with van der Waals surface area (Å²) in [4.78, 5) is 26.0. The van der Waals surface area contributed by atoms with Gasteiger partial charge in [-0.05, 0) is 37.1 Å². The van der Waals surface area contributed by atoms with Crippen LogP contribution in [0.3, 0.4) is 0 Å². The number of esters is 1. The SMILES string of the molecule is O=C(Oc1ccc(F)cc1F)C1CCCN(C(=O)Nc2ccccc2F)C1. The van der Waals surface area contributed by atoms with E-state index in [0.717, 1.165) is 12.1 Å². The number of halogens is 3. The zero-order chi connectivity index (χ0) is 19.4. The van der Waals surface area contributed by atoms with Crippen molar-refractivity contribution in [2.75, 3.05) is 18.4 Å². The number of benzene rings is 2. The lowest BCUT2D eigenvalue weighted by Crippen LogP contribution is -2.45. The van der Waals surface area contributed by atoms with Crippen molar-refractivity contribution in [1.82, 2.24) is 4.90 Å². The zero-order valence-corrected chi connectivity index (χ0v) is 14.3. The van der Waals surface area contributed by atoms with Crippen molar-refractivity contribution in [3.8, 4) is 5.75 Å². The molecule has 3 rings (SSSR count). The minimum Gasteiger partial charge on any atom is -0.423 e. The monoisotopic (exact) mass is 378 g/mol. The molecule has 0 saturated carbocycles. The van der Waals surface area contributed by atoms with Gasteiger partial charge in [0.15, 0.2) is 11.6 Å². The third kappa shape index (κ3) is 4.58. The van der Waals surface area contributed by atoms with Crippen molar-refractivity contribution in [2.24, 2.45) is 5.92 Å². The van der Waals surface area contributed by atoms with E-state index in [1.54, 1.807) is 6.07 Å². The highest BCUT2D eigenvalue weighted by atomic mass is 19.1. The molecule has 1 heterocycles. The van der Waals surface area contributed by atoms with Crippen molar-refractivity contribution in [3.05, 3.63) is 59.9 Å². The van der Waals surface area contributed by atoms with Crippen LogP contribution in [0, 0.1) is 23.4 Å². The van der Waals surface area contributed by atoms with E-state index in [1.807, 2.05) is 0 Å². The number of amides is 2. The van der Waals surface area contributed by atoms with Gasteiger partial charge in [-0.1, -0.05) is 12.1 Å². The van der Waals surface area contributed by atoms with E-state index in [9.17, 15) is 22.8 Å². The first-order valence-electron chi connectivity index (χ1n) is 8.41. The van der Waals surface area contributed by atoms with Gasteiger partial charge < -0.3 is 15.0 Å². The standard InChI is InChI=1S/C19H17F3N2O3/c20-13-7-8-17(15(22)10-13)27-18(25)12-4-3-9-24(11-12)19(26)23-16-6-2-1-5-14(16)21/h1-2,5-8,10,12H,3-4,9,11H2,(H,23,26). The molecule has 5 nitrogen and oxygen atoms in total. The Labute approximate surface area is 153 Å². The molecule has 142 valence electrons. The molecule has 8 heteroatoms. The summed E-state index contributed by atoms with van der Waals surface area (Å²) in [5.41, 5.74) is 0.0422. The van der Waals surface area contributed by atoms with Crippen LogP contribution in [0.5, 0.6) is 5.75 Å². The highest BCUT2D eigenvalue weighted by molar-refractivity contribution is 5.90. The highest BCUT2D eigenvalue weighted by Gasteiger charge is 2.30. The number of urea groups is 1. The van der Waals surface area contributed by atoms with Gasteiger partial charge in [-0.2, -0.15) is 0 Å². The predicted octanol–water partition coefficient (Wildman–Crippen LogP) is 3.95. The lowest BCUT2D eigenvalue weighted by Gasteiger charge is -2.31. The fourth-order valence-corrected chi connectivity index (χ4v) is 2.86. The third-order valence-electron chi connectivity index (χ3n) is 4.26. The zero-order valence-electron chi connectivity index (χ0n) is 14.3. The molecule has 1 aliphatic rings. The topological polar surface area (TPSA) is 58.6 Å². The fourth-order valence-electron chi connectivity index (χ4n) is 2.86. The molecule has 2 aromatic carbocycles. The first-order chi connectivity index (χ1) is 12.9. The summed E-state index contributed by atoms with van der Waals surface area (Å²) in [5.74, 6) is -4.05. The van der Waals surface area contributed by atoms with Gasteiger partial charge in [-0.3, -0.25) is 4.79 Å². The number of hydrogen-bond donors (Lipinski definition) is 1. The van der Waals surface area contributed by atoms with Crippen LogP contribution >= 0.6 is 0 Å². The van der Waals surface area contributed by atoms with Gasteiger partial charge in [-0.15, -0.1) is 0 Å². The molecule has 1 N–H and O–H groups in total. The van der Waals surface area contributed by atoms with Crippen molar-refractivity contribution >= 4 is 17.7 Å². The molecule has 0 spiro atoms. The van der Waals surface area contributed by atoms with Crippen LogP contribution < -0.4 is 10.1 Å². The second kappa shape index (κ2) is 8.11. The second-order valence-corrected chi connectivity index (χ2v) is 6.19. The second-order valence-electron chi connectivity index (χ2n) is 6.19. The van der Waals surface area contributed by atoms with E-state index >= 15 is 0 Å². The van der Waals surface area contributed by atoms with E-state index in [2.05, 4.69) is 5.32 Å². The Morgan fingerprint density at radius 2 is 1.85 bits per heavy atom. The summed E-state index contributed by atoms with van der Waals surface area (Å²) in [6.07, 6.45) is 1.00. The Morgan fingerprint density at radius 3 is 2.59 bits per heavy atom. The molecule has 0 aromatic heterocycles. The largest absolute Gasteiger partial charge is 0.423 e. The number of para-hydroxylation sites is 1. The first kappa shape index (κ1) is 18.8. The average molecular weight is 378 g/mol. The molecule has 2 aromatic rings. The van der Waals surface area contributed by atoms with E-state index in [4.69, 9.17) is 4.74 Å². The molecule has 0 bridgehead atoms. The van der Waals surface area contributed by atoms with Gasteiger partial charge >= 0.3 is 12.0 Å². The predicted molar refractivity (Wildman–Crippen MR) is 91.7 cm³/mol. The van der Waals surface area contributed by atoms with E-state index in [1.165, 1.54) is 23.1 Å². The fraction of sp³-hybridized carbons (Fsp3) is 0.263. The number of carbonyl (C=O) groups excluding carboxylic acids is 2. The number of likely N-dealkylation sites (tertiary alicyclic amines) is 1. The van der Waals surface area contributed by atoms with E-state index in [-0.39, 0.29) is 18.0 Å². The van der Waals surface area contributed by atoms with Gasteiger partial charge in [0.1, 0.15) is 11.6 Å². The van der Waals surface area contributed by atoms with Gasteiger partial charge in [0.2, 0.25) is 0 Å². The number of anilines is 1. The van der Waals surface area contributed by atoms with E-state index in [0.29, 0.717) is 25.5 Å². The number of ether oxygens (including phenoxy) is 1. The summed E-state index contributed by atoms with van der Waals surface area (Å²) in [5, 5.41) is 2.46. The van der Waals surface area contributed by atoms with Crippen molar-refractivity contribution in [2.45, 2.75) is 12.8 Å². The maximum absolute atomic E-state index is 13.7. The van der Waals surface area contributed by atoms with Crippen LogP contribution in [0.25, 0.3) is 0 Å². The van der Waals surface area contributed by atoms with Crippen LogP contribution in [0.2, 0.25) is 0 Å². The maximum atomic E-state index is 13.7. The van der Waals surface area contributed by atoms with Crippen LogP contribution in [-0.4, -0.2) is 30.0 Å². The lowest BCUT2D eigenvalue weighted by atomic mass is 9.98. The van der Waals surface area contributed by atoms with Gasteiger partial charge in [0, 0.05) is 19.2 Å². The number of nitrogens with one attached hydrogen (secondary N) is 1. The minimum atomic E-state index is -0.978. The van der Waals surface area contributed by atoms with Crippen LogP contribution in [-0.2, 0) is 4.79 Å². The molecule has 1 fully saturated rings. The summed E-state index contributed by atoms with van der Waals surface area (Å²) in [6, 6.07) is 7.86. The molecule has 1 aliphatic heterocycles. The first-order valence-corrected chi connectivity index (χ1v) is 8.41. The number of piperidine rings is 1. The summed E-state index contributed by atoms with van der Waals surface area (Å²) < 4.78 is 45.2. The average Bonchev–Trinajstić information content (AvgIpc) is 2.66. The number of hydrogen-bond acceptors (Lipinski definition) is 3. The number of nitrogens with zero attached hydrogens (tertiary/aromatic N) is 1. The van der Waals surface area contributed by atoms with Crippen molar-refractivity contribution in [3.63, 3.8) is 0 Å². The van der Waals surface area contributed by atoms with Gasteiger partial charge in [-0.25, -0.2) is 18.0 Å². The Kier molecular flexibility index (Phi) is 5.63. The number of carbonyl (C=O) groups is 2. The highest BCUT2D eigenvalue weighted by Crippen LogP contribution is 2.23. The molecular formula is C19H17F3N2O3. The molecular weight excluding hydrogens is 361 g/mol. The molecule has 0 aliphatic carbocycles. The van der Waals surface area contributed by atoms with Crippen molar-refractivity contribution < 1.29 is 27.5 Å². The molecule has 1 unspecified atom stereocenters. The van der Waals surface area contributed by atoms with Crippen LogP contribution in [0.15, 0.2) is 42.5 Å². The third-order valence-corrected chi connectivity index (χ3v) is 4.26. The van der Waals surface area contributed by atoms with Gasteiger partial charge in [0.05, 0.1) is 11.6 Å². The number of rotatable bonds is 3. The molecule has 27 heavy (non-hydrogen) atoms. The quantitative estimate of drug-likeness (QED) is 0.650. The lowest BCUT2D eigenvalue weighted by molar-refractivity contribution is -0.140. The Hall–Kier alpha value is -3.03. The van der Waals surface area contributed by atoms with E-state index < -0.39 is 35.4 Å². The molecule has 1 saturated heterocycles. The normalized spacial score (nSPS) is 16.7. The Bertz CT molecular complexity index is 860. The Balaban J connectivity index is 1.62.